The van der Waals surface area contributed by atoms with Crippen molar-refractivity contribution in [3.63, 3.8) is 0 Å². The first-order valence-corrected chi connectivity index (χ1v) is 4.91. The minimum atomic E-state index is -1.17. The van der Waals surface area contributed by atoms with Crippen LogP contribution >= 0.6 is 11.6 Å². The minimum absolute atomic E-state index is 0.260. The van der Waals surface area contributed by atoms with Gasteiger partial charge in [-0.3, -0.25) is 0 Å². The molecule has 1 rings (SSSR count). The standard InChI is InChI=1S/C11H13ClO3/c1-11(2,10(13)14)15-7-8-3-5-9(12)6-4-8/h3-6H,7H2,1-2H3,(H,13,14). The number of carboxylic acid groups (broad SMARTS) is 1. The molecule has 15 heavy (non-hydrogen) atoms. The van der Waals surface area contributed by atoms with Gasteiger partial charge in [0.1, 0.15) is 0 Å². The van der Waals surface area contributed by atoms with Crippen LogP contribution in [0.4, 0.5) is 0 Å². The molecule has 0 aliphatic heterocycles. The highest BCUT2D eigenvalue weighted by Gasteiger charge is 2.27. The van der Waals surface area contributed by atoms with E-state index >= 15 is 0 Å². The SMILES string of the molecule is CC(C)(OCc1ccc(Cl)cc1)C(=O)O. The maximum absolute atomic E-state index is 10.8. The second-order valence-corrected chi connectivity index (χ2v) is 4.17. The average molecular weight is 229 g/mol. The van der Waals surface area contributed by atoms with Gasteiger partial charge in [-0.1, -0.05) is 23.7 Å². The van der Waals surface area contributed by atoms with Gasteiger partial charge in [-0.25, -0.2) is 4.79 Å². The van der Waals surface area contributed by atoms with E-state index in [9.17, 15) is 4.79 Å². The van der Waals surface area contributed by atoms with Crippen molar-refractivity contribution >= 4 is 17.6 Å². The Morgan fingerprint density at radius 1 is 1.40 bits per heavy atom. The third-order valence-electron chi connectivity index (χ3n) is 2.03. The highest BCUT2D eigenvalue weighted by Crippen LogP contribution is 2.15. The molecule has 0 unspecified atom stereocenters. The van der Waals surface area contributed by atoms with Crippen molar-refractivity contribution in [2.45, 2.75) is 26.1 Å². The Bertz CT molecular complexity index is 343. The molecule has 0 spiro atoms. The van der Waals surface area contributed by atoms with Gasteiger partial charge in [0, 0.05) is 5.02 Å². The summed E-state index contributed by atoms with van der Waals surface area (Å²) in [5.74, 6) is -0.975. The molecule has 0 amide bonds. The van der Waals surface area contributed by atoms with E-state index in [1.807, 2.05) is 0 Å². The molecule has 0 aromatic heterocycles. The lowest BCUT2D eigenvalue weighted by atomic mass is 10.1. The molecule has 0 saturated carbocycles. The van der Waals surface area contributed by atoms with E-state index in [0.717, 1.165) is 5.56 Å². The largest absolute Gasteiger partial charge is 0.479 e. The second kappa shape index (κ2) is 4.64. The fourth-order valence-corrected chi connectivity index (χ4v) is 1.03. The van der Waals surface area contributed by atoms with Crippen LogP contribution in [0.15, 0.2) is 24.3 Å². The Morgan fingerprint density at radius 2 is 1.93 bits per heavy atom. The molecular formula is C11H13ClO3. The number of ether oxygens (including phenoxy) is 1. The summed E-state index contributed by atoms with van der Waals surface area (Å²) in [4.78, 5) is 10.8. The first kappa shape index (κ1) is 12.0. The highest BCUT2D eigenvalue weighted by molar-refractivity contribution is 6.30. The normalized spacial score (nSPS) is 11.4. The van der Waals surface area contributed by atoms with Gasteiger partial charge in [0.05, 0.1) is 6.61 Å². The van der Waals surface area contributed by atoms with Crippen LogP contribution in [0.2, 0.25) is 5.02 Å². The molecule has 0 aliphatic rings. The molecule has 0 saturated heterocycles. The molecule has 0 atom stereocenters. The molecular weight excluding hydrogens is 216 g/mol. The molecule has 1 aromatic rings. The van der Waals surface area contributed by atoms with Crippen LogP contribution in [0.25, 0.3) is 0 Å². The molecule has 3 nitrogen and oxygen atoms in total. The second-order valence-electron chi connectivity index (χ2n) is 3.73. The molecule has 82 valence electrons. The summed E-state index contributed by atoms with van der Waals surface area (Å²) < 4.78 is 5.27. The van der Waals surface area contributed by atoms with Crippen LogP contribution in [0.3, 0.4) is 0 Å². The van der Waals surface area contributed by atoms with E-state index < -0.39 is 11.6 Å². The predicted molar refractivity (Wildman–Crippen MR) is 58.0 cm³/mol. The van der Waals surface area contributed by atoms with E-state index in [0.29, 0.717) is 5.02 Å². The Morgan fingerprint density at radius 3 is 2.40 bits per heavy atom. The number of carboxylic acids is 1. The monoisotopic (exact) mass is 228 g/mol. The number of carbonyl (C=O) groups is 1. The van der Waals surface area contributed by atoms with Gasteiger partial charge in [0.2, 0.25) is 0 Å². The first-order chi connectivity index (χ1) is 6.92. The molecule has 0 bridgehead atoms. The van der Waals surface area contributed by atoms with Crippen LogP contribution in [0, 0.1) is 0 Å². The zero-order chi connectivity index (χ0) is 11.5. The lowest BCUT2D eigenvalue weighted by molar-refractivity contribution is -0.162. The van der Waals surface area contributed by atoms with E-state index in [2.05, 4.69) is 0 Å². The van der Waals surface area contributed by atoms with Gasteiger partial charge in [-0.15, -0.1) is 0 Å². The van der Waals surface area contributed by atoms with Crippen molar-refractivity contribution < 1.29 is 14.6 Å². The zero-order valence-corrected chi connectivity index (χ0v) is 9.41. The van der Waals surface area contributed by atoms with Crippen LogP contribution < -0.4 is 0 Å². The molecule has 1 N–H and O–H groups in total. The average Bonchev–Trinajstić information content (AvgIpc) is 2.17. The van der Waals surface area contributed by atoms with Crippen molar-refractivity contribution in [1.29, 1.82) is 0 Å². The molecule has 0 heterocycles. The molecule has 4 heteroatoms. The van der Waals surface area contributed by atoms with E-state index in [4.69, 9.17) is 21.4 Å². The molecule has 0 radical (unpaired) electrons. The van der Waals surface area contributed by atoms with Crippen molar-refractivity contribution in [2.75, 3.05) is 0 Å². The Balaban J connectivity index is 2.57. The molecule has 1 aromatic carbocycles. The lowest BCUT2D eigenvalue weighted by Crippen LogP contribution is -2.34. The number of benzene rings is 1. The third-order valence-corrected chi connectivity index (χ3v) is 2.28. The Hall–Kier alpha value is -1.06. The maximum Gasteiger partial charge on any atom is 0.335 e. The van der Waals surface area contributed by atoms with E-state index in [-0.39, 0.29) is 6.61 Å². The maximum atomic E-state index is 10.8. The van der Waals surface area contributed by atoms with Gasteiger partial charge >= 0.3 is 5.97 Å². The fraction of sp³-hybridized carbons (Fsp3) is 0.364. The molecule has 0 aliphatic carbocycles. The Kier molecular flexibility index (Phi) is 3.72. The first-order valence-electron chi connectivity index (χ1n) is 4.53. The topological polar surface area (TPSA) is 46.5 Å². The predicted octanol–water partition coefficient (Wildman–Crippen LogP) is 2.72. The fourth-order valence-electron chi connectivity index (χ4n) is 0.906. The van der Waals surface area contributed by atoms with Gasteiger partial charge in [-0.2, -0.15) is 0 Å². The minimum Gasteiger partial charge on any atom is -0.479 e. The van der Waals surface area contributed by atoms with E-state index in [1.54, 1.807) is 24.3 Å². The highest BCUT2D eigenvalue weighted by atomic mass is 35.5. The van der Waals surface area contributed by atoms with Crippen LogP contribution in [-0.4, -0.2) is 16.7 Å². The number of aliphatic carboxylic acids is 1. The summed E-state index contributed by atoms with van der Waals surface area (Å²) in [5, 5.41) is 9.47. The van der Waals surface area contributed by atoms with Gasteiger partial charge in [0.25, 0.3) is 0 Å². The molecule has 0 fully saturated rings. The lowest BCUT2D eigenvalue weighted by Gasteiger charge is -2.19. The number of hydrogen-bond donors (Lipinski definition) is 1. The number of hydrogen-bond acceptors (Lipinski definition) is 2. The van der Waals surface area contributed by atoms with Crippen molar-refractivity contribution in [1.82, 2.24) is 0 Å². The van der Waals surface area contributed by atoms with Crippen molar-refractivity contribution in [3.8, 4) is 0 Å². The third kappa shape index (κ3) is 3.53. The summed E-state index contributed by atoms with van der Waals surface area (Å²) >= 11 is 5.72. The number of halogens is 1. The quantitative estimate of drug-likeness (QED) is 0.862. The van der Waals surface area contributed by atoms with Gasteiger partial charge in [0.15, 0.2) is 5.60 Å². The van der Waals surface area contributed by atoms with Crippen molar-refractivity contribution in [2.24, 2.45) is 0 Å². The Labute approximate surface area is 93.6 Å². The van der Waals surface area contributed by atoms with Crippen LogP contribution in [-0.2, 0) is 16.1 Å². The van der Waals surface area contributed by atoms with E-state index in [1.165, 1.54) is 13.8 Å². The summed E-state index contributed by atoms with van der Waals surface area (Å²) in [6.45, 7) is 3.30. The van der Waals surface area contributed by atoms with Crippen LogP contribution in [0.1, 0.15) is 19.4 Å². The van der Waals surface area contributed by atoms with Gasteiger partial charge in [-0.05, 0) is 31.5 Å². The summed E-state index contributed by atoms with van der Waals surface area (Å²) in [7, 11) is 0. The van der Waals surface area contributed by atoms with Crippen LogP contribution in [0.5, 0.6) is 0 Å². The zero-order valence-electron chi connectivity index (χ0n) is 8.66. The summed E-state index contributed by atoms with van der Waals surface area (Å²) in [6.07, 6.45) is 0. The summed E-state index contributed by atoms with van der Waals surface area (Å²) in [5.41, 5.74) is -0.270. The van der Waals surface area contributed by atoms with Gasteiger partial charge < -0.3 is 9.84 Å². The summed E-state index contributed by atoms with van der Waals surface area (Å²) in [6, 6.07) is 7.10. The smallest absolute Gasteiger partial charge is 0.335 e. The number of rotatable bonds is 4. The van der Waals surface area contributed by atoms with Crippen molar-refractivity contribution in [3.05, 3.63) is 34.9 Å².